The maximum atomic E-state index is 12.6. The van der Waals surface area contributed by atoms with Gasteiger partial charge < -0.3 is 20.7 Å². The number of fused-ring (bicyclic) bond motifs is 1. The lowest BCUT2D eigenvalue weighted by Crippen LogP contribution is -2.30. The average Bonchev–Trinajstić information content (AvgIpc) is 2.81. The predicted octanol–water partition coefficient (Wildman–Crippen LogP) is 3.44. The van der Waals surface area contributed by atoms with Gasteiger partial charge in [0.25, 0.3) is 5.91 Å². The molecule has 3 rings (SSSR count). The highest BCUT2D eigenvalue weighted by Crippen LogP contribution is 2.21. The van der Waals surface area contributed by atoms with Crippen molar-refractivity contribution in [2.24, 2.45) is 0 Å². The summed E-state index contributed by atoms with van der Waals surface area (Å²) in [5, 5.41) is 9.34. The third kappa shape index (κ3) is 6.38. The quantitative estimate of drug-likeness (QED) is 0.347. The smallest absolute Gasteiger partial charge is 0.332 e. The summed E-state index contributed by atoms with van der Waals surface area (Å²) in [5.74, 6) is -0.0965. The zero-order valence-electron chi connectivity index (χ0n) is 19.5. The van der Waals surface area contributed by atoms with Crippen LogP contribution >= 0.6 is 0 Å². The van der Waals surface area contributed by atoms with Gasteiger partial charge in [-0.15, -0.1) is 0 Å². The number of esters is 1. The Morgan fingerprint density at radius 1 is 1.00 bits per heavy atom. The number of benzene rings is 2. The molecule has 9 heteroatoms. The average molecular weight is 462 g/mol. The Labute approximate surface area is 197 Å². The highest BCUT2D eigenvalue weighted by Gasteiger charge is 2.19. The molecule has 9 nitrogen and oxygen atoms in total. The van der Waals surface area contributed by atoms with Crippen LogP contribution in [0.1, 0.15) is 37.0 Å². The summed E-state index contributed by atoms with van der Waals surface area (Å²) < 4.78 is 4.92. The molecule has 1 aromatic heterocycles. The third-order valence-corrected chi connectivity index (χ3v) is 4.77. The normalized spacial score (nSPS) is 11.3. The number of carbonyl (C=O) groups is 3. The van der Waals surface area contributed by atoms with Crippen molar-refractivity contribution >= 4 is 40.2 Å². The molecule has 2 amide bonds. The van der Waals surface area contributed by atoms with Crippen molar-refractivity contribution in [3.63, 3.8) is 0 Å². The lowest BCUT2D eigenvalue weighted by atomic mass is 10.1. The first-order chi connectivity index (χ1) is 16.3. The fraction of sp³-hybridized carbons (Fsp3) is 0.240. The van der Waals surface area contributed by atoms with Crippen molar-refractivity contribution < 1.29 is 19.1 Å². The fourth-order valence-corrected chi connectivity index (χ4v) is 3.26. The number of carbonyl (C=O) groups excluding carboxylic acids is 3. The van der Waals surface area contributed by atoms with Crippen LogP contribution in [0.15, 0.2) is 60.2 Å². The largest absolute Gasteiger partial charge is 0.467 e. The van der Waals surface area contributed by atoms with Gasteiger partial charge in [-0.25, -0.2) is 14.8 Å². The van der Waals surface area contributed by atoms with Crippen molar-refractivity contribution in [2.45, 2.75) is 33.4 Å². The van der Waals surface area contributed by atoms with Gasteiger partial charge in [0.1, 0.15) is 11.9 Å². The number of rotatable bonds is 8. The molecular weight excluding hydrogens is 434 g/mol. The van der Waals surface area contributed by atoms with Crippen molar-refractivity contribution in [1.82, 2.24) is 15.3 Å². The second-order valence-electron chi connectivity index (χ2n) is 7.84. The lowest BCUT2D eigenvalue weighted by molar-refractivity contribution is -0.140. The SMILES string of the molecule is COC(=O)C(C=C(C)C)Nc1nc(CNC(=O)c2ccc(NC(C)=O)cc2)nc2ccccc12. The number of hydrogen-bond donors (Lipinski definition) is 3. The Morgan fingerprint density at radius 2 is 1.71 bits per heavy atom. The van der Waals surface area contributed by atoms with E-state index in [2.05, 4.69) is 25.9 Å². The van der Waals surface area contributed by atoms with Crippen molar-refractivity contribution in [1.29, 1.82) is 0 Å². The van der Waals surface area contributed by atoms with Crippen LogP contribution in [0.4, 0.5) is 11.5 Å². The standard InChI is InChI=1S/C25H27N5O4/c1-15(2)13-21(25(33)34-4)29-23-19-7-5-6-8-20(19)28-22(30-23)14-26-24(32)17-9-11-18(12-10-17)27-16(3)31/h5-13,21H,14H2,1-4H3,(H,26,32)(H,27,31)(H,28,29,30). The van der Waals surface area contributed by atoms with Gasteiger partial charge in [-0.3, -0.25) is 9.59 Å². The van der Waals surface area contributed by atoms with Crippen molar-refractivity contribution in [2.75, 3.05) is 17.7 Å². The number of allylic oxidation sites excluding steroid dienone is 1. The van der Waals surface area contributed by atoms with Crippen LogP contribution in [0, 0.1) is 0 Å². The van der Waals surface area contributed by atoms with Gasteiger partial charge >= 0.3 is 5.97 Å². The molecule has 3 N–H and O–H groups in total. The van der Waals surface area contributed by atoms with Gasteiger partial charge in [0.05, 0.1) is 19.2 Å². The summed E-state index contributed by atoms with van der Waals surface area (Å²) in [6, 6.07) is 13.2. The summed E-state index contributed by atoms with van der Waals surface area (Å²) >= 11 is 0. The number of ether oxygens (including phenoxy) is 1. The summed E-state index contributed by atoms with van der Waals surface area (Å²) in [6.07, 6.45) is 1.76. The number of para-hydroxylation sites is 1. The summed E-state index contributed by atoms with van der Waals surface area (Å²) in [4.78, 5) is 45.1. The Kier molecular flexibility index (Phi) is 7.92. The van der Waals surface area contributed by atoms with Crippen LogP contribution in [0.25, 0.3) is 10.9 Å². The first-order valence-electron chi connectivity index (χ1n) is 10.7. The minimum Gasteiger partial charge on any atom is -0.467 e. The molecule has 34 heavy (non-hydrogen) atoms. The number of aromatic nitrogens is 2. The zero-order chi connectivity index (χ0) is 24.7. The highest BCUT2D eigenvalue weighted by molar-refractivity contribution is 5.95. The molecule has 0 fully saturated rings. The van der Waals surface area contributed by atoms with Crippen molar-refractivity contribution in [3.05, 3.63) is 71.6 Å². The van der Waals surface area contributed by atoms with E-state index in [0.29, 0.717) is 28.4 Å². The predicted molar refractivity (Wildman–Crippen MR) is 130 cm³/mol. The second kappa shape index (κ2) is 11.0. The highest BCUT2D eigenvalue weighted by atomic mass is 16.5. The lowest BCUT2D eigenvalue weighted by Gasteiger charge is -2.16. The van der Waals surface area contributed by atoms with Crippen LogP contribution in [-0.2, 0) is 20.9 Å². The van der Waals surface area contributed by atoms with Crippen molar-refractivity contribution in [3.8, 4) is 0 Å². The number of anilines is 2. The third-order valence-electron chi connectivity index (χ3n) is 4.77. The molecule has 2 aromatic carbocycles. The van der Waals surface area contributed by atoms with Crippen LogP contribution < -0.4 is 16.0 Å². The number of hydrogen-bond acceptors (Lipinski definition) is 7. The number of methoxy groups -OCH3 is 1. The molecule has 0 aliphatic heterocycles. The summed E-state index contributed by atoms with van der Waals surface area (Å²) in [7, 11) is 1.33. The minimum absolute atomic E-state index is 0.0807. The molecule has 0 bridgehead atoms. The monoisotopic (exact) mass is 461 g/mol. The van der Waals surface area contributed by atoms with E-state index in [1.165, 1.54) is 14.0 Å². The maximum absolute atomic E-state index is 12.6. The molecule has 1 unspecified atom stereocenters. The van der Waals surface area contributed by atoms with Gasteiger partial charge in [0.2, 0.25) is 5.91 Å². The molecule has 0 saturated carbocycles. The fourth-order valence-electron chi connectivity index (χ4n) is 3.26. The molecule has 1 atom stereocenters. The number of amides is 2. The van der Waals surface area contributed by atoms with Gasteiger partial charge in [-0.1, -0.05) is 23.8 Å². The van der Waals surface area contributed by atoms with E-state index in [9.17, 15) is 14.4 Å². The number of nitrogens with zero attached hydrogens (tertiary/aromatic N) is 2. The Hall–Kier alpha value is -4.27. The first kappa shape index (κ1) is 24.4. The van der Waals surface area contributed by atoms with Crippen LogP contribution in [0.5, 0.6) is 0 Å². The van der Waals surface area contributed by atoms with Crippen LogP contribution in [0.2, 0.25) is 0 Å². The molecule has 0 aliphatic carbocycles. The number of nitrogens with one attached hydrogen (secondary N) is 3. The molecule has 0 radical (unpaired) electrons. The molecule has 0 spiro atoms. The van der Waals surface area contributed by atoms with E-state index in [-0.39, 0.29) is 18.4 Å². The topological polar surface area (TPSA) is 122 Å². The van der Waals surface area contributed by atoms with E-state index in [1.54, 1.807) is 30.3 Å². The van der Waals surface area contributed by atoms with E-state index in [0.717, 1.165) is 11.0 Å². The van der Waals surface area contributed by atoms with E-state index >= 15 is 0 Å². The van der Waals surface area contributed by atoms with Gasteiger partial charge in [0, 0.05) is 23.6 Å². The summed E-state index contributed by atoms with van der Waals surface area (Å²) in [5.41, 5.74) is 2.65. The summed E-state index contributed by atoms with van der Waals surface area (Å²) in [6.45, 7) is 5.27. The molecular formula is C25H27N5O4. The van der Waals surface area contributed by atoms with Crippen LogP contribution in [-0.4, -0.2) is 40.9 Å². The molecule has 3 aromatic rings. The van der Waals surface area contributed by atoms with E-state index in [1.807, 2.05) is 38.1 Å². The van der Waals surface area contributed by atoms with Gasteiger partial charge in [-0.2, -0.15) is 0 Å². The Morgan fingerprint density at radius 3 is 2.35 bits per heavy atom. The van der Waals surface area contributed by atoms with Gasteiger partial charge in [0.15, 0.2) is 5.82 Å². The van der Waals surface area contributed by atoms with E-state index < -0.39 is 12.0 Å². The Balaban J connectivity index is 1.82. The first-order valence-corrected chi connectivity index (χ1v) is 10.7. The second-order valence-corrected chi connectivity index (χ2v) is 7.84. The maximum Gasteiger partial charge on any atom is 0.332 e. The molecule has 176 valence electrons. The van der Waals surface area contributed by atoms with Crippen LogP contribution in [0.3, 0.4) is 0 Å². The van der Waals surface area contributed by atoms with Gasteiger partial charge in [-0.05, 0) is 50.2 Å². The molecule has 0 aliphatic rings. The zero-order valence-corrected chi connectivity index (χ0v) is 19.5. The molecule has 0 saturated heterocycles. The minimum atomic E-state index is -0.724. The van der Waals surface area contributed by atoms with E-state index in [4.69, 9.17) is 4.74 Å². The Bertz CT molecular complexity index is 1230. The molecule has 1 heterocycles.